The second-order valence-corrected chi connectivity index (χ2v) is 5.11. The molecule has 0 aliphatic carbocycles. The van der Waals surface area contributed by atoms with Crippen LogP contribution in [0.3, 0.4) is 0 Å². The van der Waals surface area contributed by atoms with Crippen LogP contribution >= 0.6 is 12.2 Å². The number of halogens is 2. The van der Waals surface area contributed by atoms with E-state index in [2.05, 4.69) is 17.5 Å². The summed E-state index contributed by atoms with van der Waals surface area (Å²) in [6.07, 6.45) is 1.70. The fourth-order valence-electron chi connectivity index (χ4n) is 2.04. The number of nitrogens with one attached hydrogen (secondary N) is 1. The van der Waals surface area contributed by atoms with E-state index in [4.69, 9.17) is 5.73 Å². The van der Waals surface area contributed by atoms with Gasteiger partial charge in [0.2, 0.25) is 0 Å². The number of hydrogen-bond donors (Lipinski definition) is 2. The molecule has 0 atom stereocenters. The van der Waals surface area contributed by atoms with E-state index in [-0.39, 0.29) is 16.2 Å². The molecule has 0 spiro atoms. The largest absolute Gasteiger partial charge is 0.389 e. The van der Waals surface area contributed by atoms with Gasteiger partial charge in [-0.1, -0.05) is 42.5 Å². The van der Waals surface area contributed by atoms with Crippen LogP contribution in [0, 0.1) is 11.6 Å². The van der Waals surface area contributed by atoms with Gasteiger partial charge in [0, 0.05) is 12.1 Å². The molecule has 0 saturated carbocycles. The maximum absolute atomic E-state index is 13.8. The molecular weight excluding hydrogens is 290 g/mol. The summed E-state index contributed by atoms with van der Waals surface area (Å²) in [5.74, 6) is -1.95. The molecule has 0 aliphatic rings. The lowest BCUT2D eigenvalue weighted by atomic mass is 10.1. The lowest BCUT2D eigenvalue weighted by molar-refractivity contribution is 0.509. The van der Waals surface area contributed by atoms with E-state index in [1.165, 1.54) is 17.7 Å². The molecule has 2 aromatic rings. The molecule has 0 radical (unpaired) electrons. The Hall–Kier alpha value is -2.01. The van der Waals surface area contributed by atoms with Gasteiger partial charge in [-0.25, -0.2) is 8.78 Å². The smallest absolute Gasteiger partial charge is 0.182 e. The van der Waals surface area contributed by atoms with E-state index in [9.17, 15) is 8.78 Å². The Labute approximate surface area is 128 Å². The number of aryl methyl sites for hydroxylation is 1. The van der Waals surface area contributed by atoms with Crippen molar-refractivity contribution in [2.75, 3.05) is 11.9 Å². The number of anilines is 1. The first-order valence-electron chi connectivity index (χ1n) is 6.65. The maximum atomic E-state index is 13.8. The van der Waals surface area contributed by atoms with Crippen molar-refractivity contribution in [2.24, 2.45) is 5.73 Å². The van der Waals surface area contributed by atoms with Crippen molar-refractivity contribution in [2.45, 2.75) is 12.8 Å². The van der Waals surface area contributed by atoms with Crippen molar-refractivity contribution in [3.8, 4) is 0 Å². The van der Waals surface area contributed by atoms with Crippen LogP contribution in [0.1, 0.15) is 17.5 Å². The van der Waals surface area contributed by atoms with Gasteiger partial charge in [-0.05, 0) is 30.5 Å². The van der Waals surface area contributed by atoms with E-state index in [1.807, 2.05) is 30.3 Å². The average molecular weight is 306 g/mol. The van der Waals surface area contributed by atoms with Gasteiger partial charge in [0.05, 0.1) is 5.69 Å². The zero-order chi connectivity index (χ0) is 15.2. The summed E-state index contributed by atoms with van der Waals surface area (Å²) < 4.78 is 27.5. The van der Waals surface area contributed by atoms with Gasteiger partial charge in [-0.2, -0.15) is 0 Å². The van der Waals surface area contributed by atoms with Gasteiger partial charge in [-0.3, -0.25) is 0 Å². The molecule has 0 bridgehead atoms. The number of rotatable bonds is 6. The summed E-state index contributed by atoms with van der Waals surface area (Å²) in [7, 11) is 0. The Morgan fingerprint density at radius 1 is 1.05 bits per heavy atom. The van der Waals surface area contributed by atoms with Crippen LogP contribution < -0.4 is 11.1 Å². The van der Waals surface area contributed by atoms with Crippen molar-refractivity contribution in [3.05, 3.63) is 65.2 Å². The Bertz CT molecular complexity index is 630. The zero-order valence-corrected chi connectivity index (χ0v) is 12.2. The number of benzene rings is 2. The standard InChI is InChI=1S/C16H16F2N2S/c17-14-12(16(19)21)8-9-13(15(14)18)20-10-4-7-11-5-2-1-3-6-11/h1-3,5-6,8-9,20H,4,7,10H2,(H2,19,21). The first kappa shape index (κ1) is 15.4. The highest BCUT2D eigenvalue weighted by Crippen LogP contribution is 2.20. The predicted octanol–water partition coefficient (Wildman–Crippen LogP) is 3.64. The fraction of sp³-hybridized carbons (Fsp3) is 0.188. The molecule has 2 aromatic carbocycles. The van der Waals surface area contributed by atoms with Crippen molar-refractivity contribution in [1.29, 1.82) is 0 Å². The molecule has 3 N–H and O–H groups in total. The topological polar surface area (TPSA) is 38.0 Å². The third-order valence-corrected chi connectivity index (χ3v) is 3.37. The highest BCUT2D eigenvalue weighted by Gasteiger charge is 2.14. The molecule has 2 nitrogen and oxygen atoms in total. The Morgan fingerprint density at radius 2 is 1.76 bits per heavy atom. The van der Waals surface area contributed by atoms with Crippen molar-refractivity contribution >= 4 is 22.9 Å². The first-order chi connectivity index (χ1) is 10.1. The summed E-state index contributed by atoms with van der Waals surface area (Å²) >= 11 is 4.66. The molecule has 5 heteroatoms. The summed E-state index contributed by atoms with van der Waals surface area (Å²) in [4.78, 5) is -0.151. The summed E-state index contributed by atoms with van der Waals surface area (Å²) in [6.45, 7) is 0.553. The number of thiocarbonyl (C=S) groups is 1. The molecule has 0 fully saturated rings. The lowest BCUT2D eigenvalue weighted by Gasteiger charge is -2.10. The summed E-state index contributed by atoms with van der Waals surface area (Å²) in [5, 5.41) is 2.89. The normalized spacial score (nSPS) is 10.4. The van der Waals surface area contributed by atoms with Gasteiger partial charge in [0.25, 0.3) is 0 Å². The van der Waals surface area contributed by atoms with E-state index in [0.29, 0.717) is 6.54 Å². The van der Waals surface area contributed by atoms with Crippen molar-refractivity contribution < 1.29 is 8.78 Å². The van der Waals surface area contributed by atoms with Crippen LogP contribution in [0.25, 0.3) is 0 Å². The third kappa shape index (κ3) is 3.98. The van der Waals surface area contributed by atoms with Gasteiger partial charge in [0.15, 0.2) is 11.6 Å². The van der Waals surface area contributed by atoms with Crippen molar-refractivity contribution in [3.63, 3.8) is 0 Å². The zero-order valence-electron chi connectivity index (χ0n) is 11.4. The molecular formula is C16H16F2N2S. The van der Waals surface area contributed by atoms with Crippen LogP contribution in [0.4, 0.5) is 14.5 Å². The van der Waals surface area contributed by atoms with Crippen LogP contribution in [0.5, 0.6) is 0 Å². The van der Waals surface area contributed by atoms with E-state index < -0.39 is 11.6 Å². The van der Waals surface area contributed by atoms with Crippen LogP contribution in [-0.2, 0) is 6.42 Å². The van der Waals surface area contributed by atoms with Gasteiger partial charge < -0.3 is 11.1 Å². The minimum absolute atomic E-state index is 0.0719. The molecule has 0 unspecified atom stereocenters. The monoisotopic (exact) mass is 306 g/mol. The maximum Gasteiger partial charge on any atom is 0.182 e. The molecule has 21 heavy (non-hydrogen) atoms. The highest BCUT2D eigenvalue weighted by atomic mass is 32.1. The average Bonchev–Trinajstić information content (AvgIpc) is 2.48. The van der Waals surface area contributed by atoms with Crippen LogP contribution in [-0.4, -0.2) is 11.5 Å². The second-order valence-electron chi connectivity index (χ2n) is 4.67. The minimum Gasteiger partial charge on any atom is -0.389 e. The lowest BCUT2D eigenvalue weighted by Crippen LogP contribution is -2.14. The summed E-state index contributed by atoms with van der Waals surface area (Å²) in [6, 6.07) is 12.8. The fourth-order valence-corrected chi connectivity index (χ4v) is 2.19. The molecule has 110 valence electrons. The Balaban J connectivity index is 1.92. The van der Waals surface area contributed by atoms with Crippen LogP contribution in [0.2, 0.25) is 0 Å². The van der Waals surface area contributed by atoms with E-state index >= 15 is 0 Å². The predicted molar refractivity (Wildman–Crippen MR) is 85.5 cm³/mol. The van der Waals surface area contributed by atoms with Crippen LogP contribution in [0.15, 0.2) is 42.5 Å². The Kier molecular flexibility index (Phi) is 5.22. The van der Waals surface area contributed by atoms with Gasteiger partial charge >= 0.3 is 0 Å². The SMILES string of the molecule is NC(=S)c1ccc(NCCCc2ccccc2)c(F)c1F. The molecule has 2 rings (SSSR count). The molecule has 0 saturated heterocycles. The van der Waals surface area contributed by atoms with Gasteiger partial charge in [-0.15, -0.1) is 0 Å². The van der Waals surface area contributed by atoms with E-state index in [0.717, 1.165) is 12.8 Å². The number of nitrogens with two attached hydrogens (primary N) is 1. The molecule has 0 heterocycles. The van der Waals surface area contributed by atoms with Crippen molar-refractivity contribution in [1.82, 2.24) is 0 Å². The minimum atomic E-state index is -1.00. The highest BCUT2D eigenvalue weighted by molar-refractivity contribution is 7.80. The summed E-state index contributed by atoms with van der Waals surface area (Å²) in [5.41, 5.74) is 6.59. The third-order valence-electron chi connectivity index (χ3n) is 3.15. The van der Waals surface area contributed by atoms with Gasteiger partial charge in [0.1, 0.15) is 4.99 Å². The second kappa shape index (κ2) is 7.13. The molecule has 0 amide bonds. The molecule has 0 aliphatic heterocycles. The Morgan fingerprint density at radius 3 is 2.43 bits per heavy atom. The first-order valence-corrected chi connectivity index (χ1v) is 7.06. The molecule has 0 aromatic heterocycles. The quantitative estimate of drug-likeness (QED) is 0.632. The van der Waals surface area contributed by atoms with E-state index in [1.54, 1.807) is 0 Å². The number of hydrogen-bond acceptors (Lipinski definition) is 2.